The van der Waals surface area contributed by atoms with Gasteiger partial charge >= 0.3 is 0 Å². The lowest BCUT2D eigenvalue weighted by molar-refractivity contribution is -0.136. The summed E-state index contributed by atoms with van der Waals surface area (Å²) in [5.41, 5.74) is 0. The van der Waals surface area contributed by atoms with Gasteiger partial charge < -0.3 is 19.5 Å². The number of carbonyl (C=O) groups is 1. The fraction of sp³-hybridized carbons (Fsp3) is 0.812. The maximum atomic E-state index is 12.3. The van der Waals surface area contributed by atoms with Gasteiger partial charge in [-0.1, -0.05) is 12.1 Å². The zero-order valence-electron chi connectivity index (χ0n) is 15.1. The summed E-state index contributed by atoms with van der Waals surface area (Å²) < 4.78 is 10.8. The molecule has 8 nitrogen and oxygen atoms in total. The molecule has 1 fully saturated rings. The minimum absolute atomic E-state index is 0.0140. The third-order valence-electron chi connectivity index (χ3n) is 4.24. The van der Waals surface area contributed by atoms with Crippen LogP contribution in [0, 0.1) is 5.92 Å². The monoisotopic (exact) mass is 339 g/mol. The van der Waals surface area contributed by atoms with Gasteiger partial charge in [0.2, 0.25) is 11.8 Å². The van der Waals surface area contributed by atoms with Gasteiger partial charge in [-0.2, -0.15) is 4.98 Å². The summed E-state index contributed by atoms with van der Waals surface area (Å²) in [5.74, 6) is 1.41. The predicted octanol–water partition coefficient (Wildman–Crippen LogP) is 0.667. The molecule has 1 aliphatic rings. The standard InChI is InChI=1S/C16H29N5O3/c1-5-23-13(3)15-18-14(24-19-15)11-20-6-8-21(9-7-20)16(22)12(2)10-17-4/h12-13,17H,5-11H2,1-4H3. The van der Waals surface area contributed by atoms with Gasteiger partial charge in [-0.3, -0.25) is 9.69 Å². The number of piperazine rings is 1. The van der Waals surface area contributed by atoms with Gasteiger partial charge in [0.15, 0.2) is 5.82 Å². The van der Waals surface area contributed by atoms with Crippen molar-refractivity contribution < 1.29 is 14.1 Å². The zero-order chi connectivity index (χ0) is 17.5. The number of amides is 1. The third-order valence-corrected chi connectivity index (χ3v) is 4.24. The number of hydrogen-bond acceptors (Lipinski definition) is 7. The fourth-order valence-electron chi connectivity index (χ4n) is 2.84. The van der Waals surface area contributed by atoms with Crippen molar-refractivity contribution in [2.75, 3.05) is 46.4 Å². The van der Waals surface area contributed by atoms with Crippen molar-refractivity contribution >= 4 is 5.91 Å². The van der Waals surface area contributed by atoms with Crippen molar-refractivity contribution in [3.05, 3.63) is 11.7 Å². The lowest BCUT2D eigenvalue weighted by atomic mass is 10.1. The first kappa shape index (κ1) is 18.8. The molecular weight excluding hydrogens is 310 g/mol. The quantitative estimate of drug-likeness (QED) is 0.745. The van der Waals surface area contributed by atoms with Gasteiger partial charge in [-0.15, -0.1) is 0 Å². The van der Waals surface area contributed by atoms with Crippen molar-refractivity contribution in [2.45, 2.75) is 33.4 Å². The topological polar surface area (TPSA) is 83.7 Å². The van der Waals surface area contributed by atoms with Crippen LogP contribution in [-0.4, -0.2) is 72.2 Å². The second kappa shape index (κ2) is 9.10. The lowest BCUT2D eigenvalue weighted by Gasteiger charge is -2.35. The summed E-state index contributed by atoms with van der Waals surface area (Å²) in [5, 5.41) is 7.03. The van der Waals surface area contributed by atoms with Gasteiger partial charge in [-0.25, -0.2) is 0 Å². The van der Waals surface area contributed by atoms with E-state index in [1.807, 2.05) is 32.7 Å². The van der Waals surface area contributed by atoms with Crippen LogP contribution in [0.2, 0.25) is 0 Å². The molecule has 0 aliphatic carbocycles. The second-order valence-corrected chi connectivity index (χ2v) is 6.20. The molecule has 1 aliphatic heterocycles. The predicted molar refractivity (Wildman–Crippen MR) is 89.3 cm³/mol. The van der Waals surface area contributed by atoms with E-state index >= 15 is 0 Å². The summed E-state index contributed by atoms with van der Waals surface area (Å²) in [4.78, 5) is 20.9. The SMILES string of the molecule is CCOC(C)c1noc(CN2CCN(C(=O)C(C)CNC)CC2)n1. The molecule has 0 radical (unpaired) electrons. The van der Waals surface area contributed by atoms with Crippen LogP contribution in [0.1, 0.15) is 38.6 Å². The number of nitrogens with one attached hydrogen (secondary N) is 1. The van der Waals surface area contributed by atoms with E-state index in [9.17, 15) is 4.79 Å². The molecular formula is C16H29N5O3. The van der Waals surface area contributed by atoms with Crippen LogP contribution in [0.3, 0.4) is 0 Å². The van der Waals surface area contributed by atoms with Crippen molar-refractivity contribution in [3.63, 3.8) is 0 Å². The van der Waals surface area contributed by atoms with Gasteiger partial charge in [0.1, 0.15) is 6.10 Å². The van der Waals surface area contributed by atoms with E-state index < -0.39 is 0 Å². The van der Waals surface area contributed by atoms with Crippen molar-refractivity contribution in [2.24, 2.45) is 5.92 Å². The summed E-state index contributed by atoms with van der Waals surface area (Å²) in [6, 6.07) is 0. The van der Waals surface area contributed by atoms with Crippen molar-refractivity contribution in [3.8, 4) is 0 Å². The molecule has 2 atom stereocenters. The van der Waals surface area contributed by atoms with E-state index in [2.05, 4.69) is 20.4 Å². The largest absolute Gasteiger partial charge is 0.371 e. The van der Waals surface area contributed by atoms with Crippen molar-refractivity contribution in [1.29, 1.82) is 0 Å². The molecule has 2 rings (SSSR count). The lowest BCUT2D eigenvalue weighted by Crippen LogP contribution is -2.50. The molecule has 1 aromatic heterocycles. The maximum absolute atomic E-state index is 12.3. The molecule has 1 aromatic rings. The first-order valence-corrected chi connectivity index (χ1v) is 8.65. The highest BCUT2D eigenvalue weighted by atomic mass is 16.5. The second-order valence-electron chi connectivity index (χ2n) is 6.20. The molecule has 0 aromatic carbocycles. The smallest absolute Gasteiger partial charge is 0.240 e. The normalized spacial score (nSPS) is 18.6. The van der Waals surface area contributed by atoms with Crippen molar-refractivity contribution in [1.82, 2.24) is 25.3 Å². The minimum atomic E-state index is -0.157. The molecule has 0 spiro atoms. The Kier molecular flexibility index (Phi) is 7.14. The van der Waals surface area contributed by atoms with E-state index in [1.165, 1.54) is 0 Å². The highest BCUT2D eigenvalue weighted by Gasteiger charge is 2.25. The minimum Gasteiger partial charge on any atom is -0.371 e. The molecule has 1 saturated heterocycles. The Bertz CT molecular complexity index is 514. The Morgan fingerprint density at radius 2 is 2.04 bits per heavy atom. The first-order chi connectivity index (χ1) is 11.5. The number of carbonyl (C=O) groups excluding carboxylic acids is 1. The van der Waals surface area contributed by atoms with Crippen LogP contribution in [0.25, 0.3) is 0 Å². The molecule has 0 bridgehead atoms. The number of ether oxygens (including phenoxy) is 1. The van der Waals surface area contributed by atoms with E-state index in [0.717, 1.165) is 26.2 Å². The van der Waals surface area contributed by atoms with E-state index in [-0.39, 0.29) is 17.9 Å². The number of hydrogen-bond donors (Lipinski definition) is 1. The molecule has 1 N–H and O–H groups in total. The van der Waals surface area contributed by atoms with Crippen LogP contribution >= 0.6 is 0 Å². The summed E-state index contributed by atoms with van der Waals surface area (Å²) in [6.07, 6.45) is -0.157. The fourth-order valence-corrected chi connectivity index (χ4v) is 2.84. The molecule has 24 heavy (non-hydrogen) atoms. The van der Waals surface area contributed by atoms with Crippen LogP contribution < -0.4 is 5.32 Å². The van der Waals surface area contributed by atoms with Gasteiger partial charge in [0, 0.05) is 45.2 Å². The Morgan fingerprint density at radius 1 is 1.33 bits per heavy atom. The van der Waals surface area contributed by atoms with E-state index in [4.69, 9.17) is 9.26 Å². The number of rotatable bonds is 8. The molecule has 2 unspecified atom stereocenters. The average molecular weight is 339 g/mol. The van der Waals surface area contributed by atoms with Crippen LogP contribution in [0.15, 0.2) is 4.52 Å². The third kappa shape index (κ3) is 4.99. The van der Waals surface area contributed by atoms with E-state index in [1.54, 1.807) is 0 Å². The van der Waals surface area contributed by atoms with Crippen LogP contribution in [0.4, 0.5) is 0 Å². The number of nitrogens with zero attached hydrogens (tertiary/aromatic N) is 4. The molecule has 136 valence electrons. The molecule has 0 saturated carbocycles. The zero-order valence-corrected chi connectivity index (χ0v) is 15.1. The Labute approximate surface area is 143 Å². The Morgan fingerprint density at radius 3 is 2.67 bits per heavy atom. The van der Waals surface area contributed by atoms with Gasteiger partial charge in [-0.05, 0) is 20.9 Å². The first-order valence-electron chi connectivity index (χ1n) is 8.65. The average Bonchev–Trinajstić information content (AvgIpc) is 3.04. The van der Waals surface area contributed by atoms with Crippen LogP contribution in [0.5, 0.6) is 0 Å². The highest BCUT2D eigenvalue weighted by Crippen LogP contribution is 2.15. The molecule has 1 amide bonds. The number of aromatic nitrogens is 2. The maximum Gasteiger partial charge on any atom is 0.240 e. The summed E-state index contributed by atoms with van der Waals surface area (Å²) in [6.45, 7) is 10.9. The summed E-state index contributed by atoms with van der Waals surface area (Å²) >= 11 is 0. The molecule has 8 heteroatoms. The Hall–Kier alpha value is -1.51. The summed E-state index contributed by atoms with van der Waals surface area (Å²) in [7, 11) is 1.87. The van der Waals surface area contributed by atoms with Gasteiger partial charge in [0.05, 0.1) is 6.54 Å². The van der Waals surface area contributed by atoms with E-state index in [0.29, 0.717) is 31.4 Å². The highest BCUT2D eigenvalue weighted by molar-refractivity contribution is 5.78. The molecule has 2 heterocycles. The van der Waals surface area contributed by atoms with Crippen LogP contribution in [-0.2, 0) is 16.1 Å². The van der Waals surface area contributed by atoms with Gasteiger partial charge in [0.25, 0.3) is 0 Å². The Balaban J connectivity index is 1.80.